The molecule has 3 aromatic rings. The molecule has 0 aliphatic carbocycles. The summed E-state index contributed by atoms with van der Waals surface area (Å²) in [5, 5.41) is 0. The van der Waals surface area contributed by atoms with Crippen LogP contribution in [0.1, 0.15) is 55.0 Å². The van der Waals surface area contributed by atoms with Crippen LogP contribution in [0.25, 0.3) is 11.1 Å². The van der Waals surface area contributed by atoms with Gasteiger partial charge in [-0.05, 0) is 60.1 Å². The van der Waals surface area contributed by atoms with Crippen molar-refractivity contribution < 1.29 is 8.78 Å². The van der Waals surface area contributed by atoms with E-state index < -0.39 is 5.92 Å². The maximum absolute atomic E-state index is 13.6. The molecule has 0 atom stereocenters. The van der Waals surface area contributed by atoms with Gasteiger partial charge in [0.15, 0.2) is 0 Å². The van der Waals surface area contributed by atoms with Crippen LogP contribution in [0.4, 0.5) is 14.7 Å². The third kappa shape index (κ3) is 7.08. The third-order valence-electron chi connectivity index (χ3n) is 5.71. The largest absolute Gasteiger partial charge is 0.336 e. The summed E-state index contributed by atoms with van der Waals surface area (Å²) >= 11 is 0. The first kappa shape index (κ1) is 25.3. The van der Waals surface area contributed by atoms with Crippen LogP contribution in [0, 0.1) is 0 Å². The van der Waals surface area contributed by atoms with Gasteiger partial charge in [-0.15, -0.1) is 0 Å². The van der Waals surface area contributed by atoms with Crippen molar-refractivity contribution in [3.63, 3.8) is 0 Å². The average molecular weight is 462 g/mol. The highest BCUT2D eigenvalue weighted by atomic mass is 19.3. The fourth-order valence-corrected chi connectivity index (χ4v) is 3.93. The first-order chi connectivity index (χ1) is 16.2. The zero-order valence-electron chi connectivity index (χ0n) is 20.3. The van der Waals surface area contributed by atoms with Crippen LogP contribution in [0.3, 0.4) is 0 Å². The van der Waals surface area contributed by atoms with Gasteiger partial charge in [-0.3, -0.25) is 0 Å². The molecular weight excluding hydrogens is 428 g/mol. The molecule has 1 heterocycles. The lowest BCUT2D eigenvalue weighted by atomic mass is 9.95. The van der Waals surface area contributed by atoms with Gasteiger partial charge in [0.1, 0.15) is 0 Å². The predicted molar refractivity (Wildman–Crippen MR) is 138 cm³/mol. The topological polar surface area (TPSA) is 29.0 Å². The second-order valence-corrected chi connectivity index (χ2v) is 8.91. The number of anilines is 1. The van der Waals surface area contributed by atoms with Gasteiger partial charge in [0.2, 0.25) is 11.9 Å². The molecule has 2 aromatic carbocycles. The maximum Gasteiger partial charge on any atom is 0.249 e. The Kier molecular flexibility index (Phi) is 8.32. The van der Waals surface area contributed by atoms with E-state index in [1.807, 2.05) is 49.6 Å². The highest BCUT2D eigenvalue weighted by Gasteiger charge is 2.22. The number of alkyl halides is 2. The Morgan fingerprint density at radius 2 is 1.59 bits per heavy atom. The van der Waals surface area contributed by atoms with Crippen molar-refractivity contribution in [1.29, 1.82) is 0 Å². The van der Waals surface area contributed by atoms with Gasteiger partial charge >= 0.3 is 0 Å². The number of allylic oxidation sites excluding steroid dienone is 1. The fraction of sp³-hybridized carbons (Fsp3) is 0.310. The van der Waals surface area contributed by atoms with Gasteiger partial charge in [0.05, 0.1) is 0 Å². The highest BCUT2D eigenvalue weighted by molar-refractivity contribution is 5.77. The van der Waals surface area contributed by atoms with Crippen LogP contribution in [0.15, 0.2) is 74.1 Å². The Morgan fingerprint density at radius 3 is 2.21 bits per heavy atom. The van der Waals surface area contributed by atoms with E-state index in [2.05, 4.69) is 47.1 Å². The molecule has 0 unspecified atom stereocenters. The molecule has 1 aromatic heterocycles. The van der Waals surface area contributed by atoms with Gasteiger partial charge in [0.25, 0.3) is 0 Å². The molecule has 0 aliphatic heterocycles. The summed E-state index contributed by atoms with van der Waals surface area (Å²) in [7, 11) is 0. The van der Waals surface area contributed by atoms with Crippen LogP contribution in [-0.2, 0) is 19.4 Å². The lowest BCUT2D eigenvalue weighted by Crippen LogP contribution is -2.26. The Hall–Kier alpha value is -3.34. The number of rotatable bonds is 11. The van der Waals surface area contributed by atoms with Crippen molar-refractivity contribution in [3.05, 3.63) is 102 Å². The smallest absolute Gasteiger partial charge is 0.249 e. The normalized spacial score (nSPS) is 11.3. The minimum Gasteiger partial charge on any atom is -0.336 e. The van der Waals surface area contributed by atoms with E-state index in [4.69, 9.17) is 0 Å². The number of halogens is 2. The first-order valence-electron chi connectivity index (χ1n) is 11.6. The lowest BCUT2D eigenvalue weighted by molar-refractivity contribution is 0.0226. The number of hydrogen-bond acceptors (Lipinski definition) is 3. The summed E-state index contributed by atoms with van der Waals surface area (Å²) in [6.07, 6.45) is 4.97. The Labute approximate surface area is 201 Å². The second-order valence-electron chi connectivity index (χ2n) is 8.91. The molecule has 3 rings (SSSR count). The van der Waals surface area contributed by atoms with Crippen molar-refractivity contribution in [2.24, 2.45) is 0 Å². The van der Waals surface area contributed by atoms with Crippen LogP contribution >= 0.6 is 0 Å². The van der Waals surface area contributed by atoms with Crippen molar-refractivity contribution in [1.82, 2.24) is 9.97 Å². The van der Waals surface area contributed by atoms with Crippen molar-refractivity contribution in [2.75, 3.05) is 11.4 Å². The van der Waals surface area contributed by atoms with E-state index in [9.17, 15) is 8.78 Å². The number of hydrogen-bond donors (Lipinski definition) is 0. The Morgan fingerprint density at radius 1 is 0.941 bits per heavy atom. The van der Waals surface area contributed by atoms with Gasteiger partial charge in [-0.2, -0.15) is 0 Å². The number of benzene rings is 2. The van der Waals surface area contributed by atoms with E-state index in [-0.39, 0.29) is 6.42 Å². The number of nitrogens with zero attached hydrogens (tertiary/aromatic N) is 3. The van der Waals surface area contributed by atoms with E-state index in [0.29, 0.717) is 31.0 Å². The van der Waals surface area contributed by atoms with E-state index in [1.165, 1.54) is 0 Å². The summed E-state index contributed by atoms with van der Waals surface area (Å²) < 4.78 is 27.1. The minimum absolute atomic E-state index is 0.281. The summed E-state index contributed by atoms with van der Waals surface area (Å²) in [5.41, 5.74) is 6.81. The lowest BCUT2D eigenvalue weighted by Gasteiger charge is -2.24. The molecule has 0 bridgehead atoms. The van der Waals surface area contributed by atoms with Crippen molar-refractivity contribution in [2.45, 2.75) is 52.5 Å². The third-order valence-corrected chi connectivity index (χ3v) is 5.71. The molecule has 0 spiro atoms. The fourth-order valence-electron chi connectivity index (χ4n) is 3.93. The van der Waals surface area contributed by atoms with Gasteiger partial charge in [-0.1, -0.05) is 74.2 Å². The maximum atomic E-state index is 13.6. The van der Waals surface area contributed by atoms with Gasteiger partial charge < -0.3 is 4.90 Å². The van der Waals surface area contributed by atoms with Crippen LogP contribution in [-0.4, -0.2) is 22.4 Å². The van der Waals surface area contributed by atoms with E-state index in [1.54, 1.807) is 6.07 Å². The molecule has 0 amide bonds. The van der Waals surface area contributed by atoms with Crippen molar-refractivity contribution >= 4 is 17.1 Å². The van der Waals surface area contributed by atoms with E-state index >= 15 is 0 Å². The Balaban J connectivity index is 1.83. The highest BCUT2D eigenvalue weighted by Crippen LogP contribution is 2.27. The van der Waals surface area contributed by atoms with E-state index in [0.717, 1.165) is 46.7 Å². The molecule has 178 valence electrons. The van der Waals surface area contributed by atoms with Crippen LogP contribution in [0.5, 0.6) is 0 Å². The summed E-state index contributed by atoms with van der Waals surface area (Å²) in [4.78, 5) is 11.2. The molecule has 0 aliphatic rings. The second kappa shape index (κ2) is 11.2. The molecule has 0 saturated heterocycles. The summed E-state index contributed by atoms with van der Waals surface area (Å²) in [6, 6.07) is 15.5. The minimum atomic E-state index is -2.74. The predicted octanol–water partition coefficient (Wildman–Crippen LogP) is 7.38. The average Bonchev–Trinajstić information content (AvgIpc) is 2.80. The SMILES string of the molecule is C=C(C)c1ccccc1C(=C)CCN(Cc1cccc(CC(C)(F)F)c1)c1ncc(CC)cn1. The summed E-state index contributed by atoms with van der Waals surface area (Å²) in [5.74, 6) is -2.13. The van der Waals surface area contributed by atoms with Crippen LogP contribution < -0.4 is 4.90 Å². The molecule has 0 fully saturated rings. The molecular formula is C29H33F2N3. The molecule has 0 N–H and O–H groups in total. The quantitative estimate of drug-likeness (QED) is 0.298. The monoisotopic (exact) mass is 461 g/mol. The Bertz CT molecular complexity index is 1130. The molecule has 3 nitrogen and oxygen atoms in total. The number of aryl methyl sites for hydroxylation is 1. The standard InChI is InChI=1S/C29H33F2N3/c1-6-23-18-32-28(33-19-23)34(20-25-11-9-10-24(16-25)17-29(5,30)31)15-14-22(4)27-13-8-7-12-26(27)21(2)3/h7-13,16,18-19H,2,4,6,14-15,17,20H2,1,3,5H3. The molecule has 0 saturated carbocycles. The molecule has 34 heavy (non-hydrogen) atoms. The van der Waals surface area contributed by atoms with Crippen molar-refractivity contribution in [3.8, 4) is 0 Å². The number of aromatic nitrogens is 2. The zero-order chi connectivity index (χ0) is 24.7. The van der Waals surface area contributed by atoms with Crippen LogP contribution in [0.2, 0.25) is 0 Å². The van der Waals surface area contributed by atoms with Gasteiger partial charge in [0, 0.05) is 31.9 Å². The summed E-state index contributed by atoms with van der Waals surface area (Å²) in [6.45, 7) is 14.6. The first-order valence-corrected chi connectivity index (χ1v) is 11.6. The molecule has 5 heteroatoms. The zero-order valence-corrected chi connectivity index (χ0v) is 20.3. The van der Waals surface area contributed by atoms with Gasteiger partial charge in [-0.25, -0.2) is 18.7 Å². The molecule has 0 radical (unpaired) electrons.